The highest BCUT2D eigenvalue weighted by atomic mass is 19.1. The van der Waals surface area contributed by atoms with Crippen molar-refractivity contribution in [2.45, 2.75) is 25.8 Å². The minimum absolute atomic E-state index is 0.149. The molecule has 1 unspecified atom stereocenters. The number of ether oxygens (including phenoxy) is 1. The van der Waals surface area contributed by atoms with E-state index < -0.39 is 5.63 Å². The Morgan fingerprint density at radius 2 is 2.00 bits per heavy atom. The topological polar surface area (TPSA) is 71.8 Å². The molecule has 0 bridgehead atoms. The van der Waals surface area contributed by atoms with Crippen LogP contribution in [0.3, 0.4) is 0 Å². The number of nitrogens with zero attached hydrogens (tertiary/aromatic N) is 1. The van der Waals surface area contributed by atoms with Crippen LogP contribution in [0.4, 0.5) is 4.39 Å². The summed E-state index contributed by atoms with van der Waals surface area (Å²) in [6.07, 6.45) is 0.422. The highest BCUT2D eigenvalue weighted by Gasteiger charge is 2.17. The van der Waals surface area contributed by atoms with E-state index in [0.29, 0.717) is 23.4 Å². The Bertz CT molecular complexity index is 1140. The van der Waals surface area contributed by atoms with Crippen molar-refractivity contribution in [1.82, 2.24) is 10.2 Å². The van der Waals surface area contributed by atoms with Crippen LogP contribution in [0.1, 0.15) is 29.2 Å². The van der Waals surface area contributed by atoms with E-state index in [2.05, 4.69) is 5.32 Å². The van der Waals surface area contributed by atoms with E-state index in [1.165, 1.54) is 12.1 Å². The van der Waals surface area contributed by atoms with Gasteiger partial charge in [0.15, 0.2) is 0 Å². The molecule has 1 heterocycles. The van der Waals surface area contributed by atoms with Gasteiger partial charge in [-0.25, -0.2) is 9.18 Å². The molecule has 7 heteroatoms. The number of methoxy groups -OCH3 is 1. The molecule has 1 atom stereocenters. The van der Waals surface area contributed by atoms with E-state index in [-0.39, 0.29) is 30.6 Å². The molecule has 0 saturated carbocycles. The number of hydrogen-bond acceptors (Lipinski definition) is 5. The van der Waals surface area contributed by atoms with E-state index >= 15 is 0 Å². The molecular formula is C24H27FN2O4. The summed E-state index contributed by atoms with van der Waals surface area (Å²) in [5, 5.41) is 3.71. The molecule has 0 radical (unpaired) electrons. The van der Waals surface area contributed by atoms with Gasteiger partial charge in [0.25, 0.3) is 0 Å². The number of aryl methyl sites for hydroxylation is 1. The van der Waals surface area contributed by atoms with Gasteiger partial charge in [0.2, 0.25) is 5.91 Å². The third-order valence-electron chi connectivity index (χ3n) is 5.45. The SMILES string of the molecule is COc1ccc2c(C)c(CCC(=O)NCC(c3cccc(F)c3)N(C)C)c(=O)oc2c1. The van der Waals surface area contributed by atoms with Crippen LogP contribution in [0, 0.1) is 12.7 Å². The van der Waals surface area contributed by atoms with Crippen molar-refractivity contribution in [3.05, 3.63) is 75.4 Å². The maximum Gasteiger partial charge on any atom is 0.339 e. The zero-order chi connectivity index (χ0) is 22.5. The van der Waals surface area contributed by atoms with E-state index in [1.54, 1.807) is 25.3 Å². The predicted molar refractivity (Wildman–Crippen MR) is 118 cm³/mol. The fourth-order valence-electron chi connectivity index (χ4n) is 3.64. The molecule has 3 rings (SSSR count). The first-order valence-electron chi connectivity index (χ1n) is 10.1. The van der Waals surface area contributed by atoms with Crippen LogP contribution >= 0.6 is 0 Å². The first-order chi connectivity index (χ1) is 14.8. The molecule has 0 aliphatic rings. The summed E-state index contributed by atoms with van der Waals surface area (Å²) in [5.74, 6) is 0.111. The normalized spacial score (nSPS) is 12.2. The third-order valence-corrected chi connectivity index (χ3v) is 5.45. The lowest BCUT2D eigenvalue weighted by molar-refractivity contribution is -0.121. The van der Waals surface area contributed by atoms with E-state index in [1.807, 2.05) is 38.1 Å². The number of nitrogens with one attached hydrogen (secondary N) is 1. The number of carbonyl (C=O) groups excluding carboxylic acids is 1. The Kier molecular flexibility index (Phi) is 7.07. The van der Waals surface area contributed by atoms with Gasteiger partial charge in [0.05, 0.1) is 13.2 Å². The molecule has 0 saturated heterocycles. The quantitative estimate of drug-likeness (QED) is 0.558. The summed E-state index contributed by atoms with van der Waals surface area (Å²) < 4.78 is 24.2. The first kappa shape index (κ1) is 22.5. The summed E-state index contributed by atoms with van der Waals surface area (Å²) >= 11 is 0. The summed E-state index contributed by atoms with van der Waals surface area (Å²) in [6, 6.07) is 11.5. The van der Waals surface area contributed by atoms with Crippen LogP contribution in [0.5, 0.6) is 5.75 Å². The maximum absolute atomic E-state index is 13.6. The van der Waals surface area contributed by atoms with Crippen LogP contribution in [0.2, 0.25) is 0 Å². The number of amides is 1. The number of hydrogen-bond donors (Lipinski definition) is 1. The average Bonchev–Trinajstić information content (AvgIpc) is 2.73. The van der Waals surface area contributed by atoms with Gasteiger partial charge < -0.3 is 19.4 Å². The third kappa shape index (κ3) is 5.30. The molecule has 0 aliphatic carbocycles. The zero-order valence-corrected chi connectivity index (χ0v) is 18.2. The minimum atomic E-state index is -0.447. The van der Waals surface area contributed by atoms with Gasteiger partial charge in [-0.2, -0.15) is 0 Å². The highest BCUT2D eigenvalue weighted by molar-refractivity contribution is 5.82. The van der Waals surface area contributed by atoms with Gasteiger partial charge in [-0.3, -0.25) is 4.79 Å². The van der Waals surface area contributed by atoms with E-state index in [9.17, 15) is 14.0 Å². The Balaban J connectivity index is 1.67. The largest absolute Gasteiger partial charge is 0.497 e. The van der Waals surface area contributed by atoms with Crippen molar-refractivity contribution in [1.29, 1.82) is 0 Å². The van der Waals surface area contributed by atoms with Gasteiger partial charge in [0, 0.05) is 30.0 Å². The van der Waals surface area contributed by atoms with Crippen LogP contribution in [0.15, 0.2) is 51.7 Å². The van der Waals surface area contributed by atoms with Crippen molar-refractivity contribution < 1.29 is 18.3 Å². The lowest BCUT2D eigenvalue weighted by Crippen LogP contribution is -2.34. The lowest BCUT2D eigenvalue weighted by atomic mass is 10.0. The van der Waals surface area contributed by atoms with Gasteiger partial charge in [-0.05, 0) is 62.8 Å². The summed E-state index contributed by atoms with van der Waals surface area (Å²) in [6.45, 7) is 2.19. The minimum Gasteiger partial charge on any atom is -0.497 e. The molecule has 0 fully saturated rings. The lowest BCUT2D eigenvalue weighted by Gasteiger charge is -2.25. The molecule has 0 aliphatic heterocycles. The molecule has 31 heavy (non-hydrogen) atoms. The highest BCUT2D eigenvalue weighted by Crippen LogP contribution is 2.24. The zero-order valence-electron chi connectivity index (χ0n) is 18.2. The second-order valence-corrected chi connectivity index (χ2v) is 7.69. The van der Waals surface area contributed by atoms with Crippen molar-refractivity contribution in [2.75, 3.05) is 27.7 Å². The average molecular weight is 426 g/mol. The van der Waals surface area contributed by atoms with Crippen LogP contribution in [-0.2, 0) is 11.2 Å². The van der Waals surface area contributed by atoms with Crippen molar-refractivity contribution in [2.24, 2.45) is 0 Å². The van der Waals surface area contributed by atoms with E-state index in [0.717, 1.165) is 16.5 Å². The van der Waals surface area contributed by atoms with Crippen molar-refractivity contribution in [3.8, 4) is 5.75 Å². The Morgan fingerprint density at radius 3 is 2.68 bits per heavy atom. The molecule has 1 N–H and O–H groups in total. The molecule has 3 aromatic rings. The van der Waals surface area contributed by atoms with Crippen molar-refractivity contribution >= 4 is 16.9 Å². The molecular weight excluding hydrogens is 399 g/mol. The number of benzene rings is 2. The number of fused-ring (bicyclic) bond motifs is 1. The number of rotatable bonds is 8. The monoisotopic (exact) mass is 426 g/mol. The van der Waals surface area contributed by atoms with Gasteiger partial charge in [0.1, 0.15) is 17.1 Å². The molecule has 0 spiro atoms. The van der Waals surface area contributed by atoms with Gasteiger partial charge >= 0.3 is 5.63 Å². The van der Waals surface area contributed by atoms with Crippen molar-refractivity contribution in [3.63, 3.8) is 0 Å². The first-order valence-corrected chi connectivity index (χ1v) is 10.1. The Morgan fingerprint density at radius 1 is 1.23 bits per heavy atom. The molecule has 1 aromatic heterocycles. The van der Waals surface area contributed by atoms with Crippen LogP contribution < -0.4 is 15.7 Å². The summed E-state index contributed by atoms with van der Waals surface area (Å²) in [4.78, 5) is 26.8. The van der Waals surface area contributed by atoms with Crippen LogP contribution in [0.25, 0.3) is 11.0 Å². The predicted octanol–water partition coefficient (Wildman–Crippen LogP) is 3.60. The number of likely N-dealkylation sites (N-methyl/N-ethyl adjacent to an activating group) is 1. The molecule has 2 aromatic carbocycles. The Labute approximate surface area is 180 Å². The molecule has 164 valence electrons. The summed E-state index contributed by atoms with van der Waals surface area (Å²) in [7, 11) is 5.30. The Hall–Kier alpha value is -3.19. The number of halogens is 1. The number of carbonyl (C=O) groups is 1. The molecule has 6 nitrogen and oxygen atoms in total. The smallest absolute Gasteiger partial charge is 0.339 e. The second kappa shape index (κ2) is 9.75. The molecule has 1 amide bonds. The maximum atomic E-state index is 13.6. The fourth-order valence-corrected chi connectivity index (χ4v) is 3.64. The summed E-state index contributed by atoms with van der Waals surface area (Å²) in [5.41, 5.74) is 2.08. The van der Waals surface area contributed by atoms with Crippen LogP contribution in [-0.4, -0.2) is 38.6 Å². The standard InChI is InChI=1S/C24H27FN2O4/c1-15-19-9-8-18(30-4)13-22(19)31-24(29)20(15)10-11-23(28)26-14-21(27(2)3)16-6-5-7-17(25)12-16/h5-9,12-13,21H,10-11,14H2,1-4H3,(H,26,28). The second-order valence-electron chi connectivity index (χ2n) is 7.69. The van der Waals surface area contributed by atoms with Gasteiger partial charge in [-0.15, -0.1) is 0 Å². The fraction of sp³-hybridized carbons (Fsp3) is 0.333. The van der Waals surface area contributed by atoms with Gasteiger partial charge in [-0.1, -0.05) is 12.1 Å². The van der Waals surface area contributed by atoms with E-state index in [4.69, 9.17) is 9.15 Å².